The number of fused-ring (bicyclic) bond motifs is 7. The van der Waals surface area contributed by atoms with Crippen LogP contribution in [-0.4, -0.2) is 83.7 Å². The number of hydrogen-bond acceptors (Lipinski definition) is 9. The molecule has 0 aromatic heterocycles. The third-order valence-corrected chi connectivity index (χ3v) is 62.2. The van der Waals surface area contributed by atoms with Crippen molar-refractivity contribution < 1.29 is 93.2 Å². The molecular weight excluding hydrogens is 2120 g/mol. The van der Waals surface area contributed by atoms with Crippen LogP contribution in [0.4, 0.5) is 0 Å². The molecule has 2 saturated carbocycles. The van der Waals surface area contributed by atoms with Crippen molar-refractivity contribution in [1.82, 2.24) is 0 Å². The summed E-state index contributed by atoms with van der Waals surface area (Å²) in [7, 11) is 1.73. The summed E-state index contributed by atoms with van der Waals surface area (Å²) in [5.74, 6) is 10.8. The molecule has 2 fully saturated rings. The number of benzene rings is 5. The fraction of sp³-hybridized carbons (Fsp3) is 0.550. The zero-order chi connectivity index (χ0) is 99.4. The Morgan fingerprint density at radius 1 is 0.398 bits per heavy atom. The predicted molar refractivity (Wildman–Crippen MR) is 592 cm³/mol. The quantitative estimate of drug-likeness (QED) is 0.0622. The number of allylic oxidation sites excluding steroid dienone is 11. The first-order chi connectivity index (χ1) is 59.9. The average Bonchev–Trinajstić information content (AvgIpc) is 1.64. The third-order valence-electron chi connectivity index (χ3n) is 30.8. The van der Waals surface area contributed by atoms with Gasteiger partial charge in [-0.3, -0.25) is 9.59 Å². The van der Waals surface area contributed by atoms with Crippen LogP contribution < -0.4 is 17.7 Å². The number of hydrogen-bond donors (Lipinski definition) is 1. The van der Waals surface area contributed by atoms with Gasteiger partial charge in [-0.25, -0.2) is 0 Å². The number of phenolic OH excluding ortho intramolecular Hbond substituents is 1. The van der Waals surface area contributed by atoms with E-state index in [1.54, 1.807) is 18.2 Å². The van der Waals surface area contributed by atoms with Gasteiger partial charge in [0.05, 0.1) is 11.5 Å². The first-order valence-corrected chi connectivity index (χ1v) is 75.4. The molecule has 2 radical (unpaired) electrons. The van der Waals surface area contributed by atoms with Crippen molar-refractivity contribution in [2.75, 3.05) is 0 Å². The molecule has 6 unspecified atom stereocenters. The topological polar surface area (TPSA) is 110 Å². The summed E-state index contributed by atoms with van der Waals surface area (Å²) in [6.45, 7) is 88.1. The number of aromatic hydroxyl groups is 1. The number of carbonyl (C=O) groups is 2. The fourth-order valence-corrected chi connectivity index (χ4v) is 21.1. The van der Waals surface area contributed by atoms with Crippen molar-refractivity contribution in [2.24, 2.45) is 35.5 Å². The van der Waals surface area contributed by atoms with Crippen LogP contribution in [0.25, 0.3) is 17.2 Å². The van der Waals surface area contributed by atoms with Crippen LogP contribution in [0, 0.1) is 95.3 Å². The SMILES string of the molecule is CC(C)(C)[Si](C)(C)Cl.CC(C)(C)[Si](C)(C)Oc1ccc2c(c1)CC=C2.CC(C)(C)[Si](C)(C)Oc1ccc2c(c1)CC=C2CCC1=CCc2cc(O[Si](C)(C)C(C)(C)C)ccc21.CC(C)(C)[Si](C)(C)Oc1ccc2c(c1)CCC2=O.O=C1CCc2cc(O)ccc21.[2H][B].[CH2-]C1CCC2C=C(O[Si](C)(C)C(C)(C)C)C=CC12.[CH2-]C1CCC2C=C(O[Si](C)(C)C(C)(C)C)C=CC12.[CH3-].[CH3-].[Cl][Zr][Cl].[U]. The minimum absolute atomic E-state index is 0. The van der Waals surface area contributed by atoms with E-state index in [1.807, 2.05) is 12.1 Å². The van der Waals surface area contributed by atoms with Crippen LogP contribution in [0.5, 0.6) is 28.7 Å². The second-order valence-corrected chi connectivity index (χ2v) is 87.3. The minimum atomic E-state index is -1.82. The summed E-state index contributed by atoms with van der Waals surface area (Å²) in [6.07, 6.45) is 36.2. The molecule has 9 nitrogen and oxygen atoms in total. The largest absolute Gasteiger partial charge is 0 e. The van der Waals surface area contributed by atoms with E-state index in [0.717, 1.165) is 102 Å². The van der Waals surface area contributed by atoms with Crippen molar-refractivity contribution in [2.45, 2.75) is 356 Å². The van der Waals surface area contributed by atoms with Gasteiger partial charge in [0, 0.05) is 63.5 Å². The molecule has 133 heavy (non-hydrogen) atoms. The summed E-state index contributed by atoms with van der Waals surface area (Å²) >= 11 is 5.32. The van der Waals surface area contributed by atoms with Crippen LogP contribution in [0.15, 0.2) is 157 Å². The Morgan fingerprint density at radius 2 is 0.684 bits per heavy atom. The number of aryl methyl sites for hydroxylation is 2. The summed E-state index contributed by atoms with van der Waals surface area (Å²) in [5, 5.41) is 10.8. The van der Waals surface area contributed by atoms with Gasteiger partial charge in [-0.15, -0.1) is 0 Å². The van der Waals surface area contributed by atoms with Gasteiger partial charge in [0.15, 0.2) is 19.0 Å². The second-order valence-electron chi connectivity index (χ2n) is 48.0. The van der Waals surface area contributed by atoms with Gasteiger partial charge in [-0.1, -0.05) is 226 Å². The van der Waals surface area contributed by atoms with Crippen molar-refractivity contribution >= 4 is 123 Å². The molecule has 0 bridgehead atoms. The van der Waals surface area contributed by atoms with Crippen LogP contribution in [0.1, 0.15) is 262 Å². The number of Topliss-reactive ketones (excluding diaryl/α,β-unsaturated/α-hetero) is 2. The van der Waals surface area contributed by atoms with E-state index in [9.17, 15) is 9.59 Å². The minimum Gasteiger partial charge on any atom is 0 e. The van der Waals surface area contributed by atoms with Gasteiger partial charge in [0.1, 0.15) is 28.7 Å². The molecule has 9 aliphatic carbocycles. The molecule has 5 aromatic carbocycles. The normalized spacial score (nSPS) is 19.3. The van der Waals surface area contributed by atoms with Gasteiger partial charge < -0.3 is 60.4 Å². The number of carbonyl (C=O) groups excluding carboxylic acids is 2. The molecule has 0 saturated heterocycles. The van der Waals surface area contributed by atoms with E-state index in [2.05, 4.69) is 381 Å². The molecule has 5 aromatic rings. The zero-order valence-electron chi connectivity index (χ0n) is 90.4. The van der Waals surface area contributed by atoms with Crippen LogP contribution in [-0.2, 0) is 61.8 Å². The summed E-state index contributed by atoms with van der Waals surface area (Å²) in [6, 6.07) is 30.8. The number of ketones is 2. The van der Waals surface area contributed by atoms with Crippen molar-refractivity contribution in [3.63, 3.8) is 0 Å². The van der Waals surface area contributed by atoms with E-state index < -0.39 is 78.1 Å². The van der Waals surface area contributed by atoms with E-state index in [-0.39, 0.29) is 93.5 Å². The van der Waals surface area contributed by atoms with E-state index in [1.165, 1.54) is 70.2 Å². The summed E-state index contributed by atoms with van der Waals surface area (Å²) < 4.78 is 43.7. The van der Waals surface area contributed by atoms with Crippen LogP contribution in [0.2, 0.25) is 127 Å². The smallest absolute Gasteiger partial charge is 0 e. The number of rotatable bonds is 15. The van der Waals surface area contributed by atoms with Gasteiger partial charge >= 0.3 is 37.9 Å². The maximum Gasteiger partial charge on any atom is 0 e. The van der Waals surface area contributed by atoms with Crippen molar-refractivity contribution in [3.05, 3.63) is 242 Å². The van der Waals surface area contributed by atoms with E-state index in [0.29, 0.717) is 53.4 Å². The van der Waals surface area contributed by atoms with Crippen molar-refractivity contribution in [3.8, 4) is 28.7 Å². The monoisotopic (exact) mass is 2290 g/mol. The fourth-order valence-electron chi connectivity index (χ4n) is 14.9. The third kappa shape index (κ3) is 34.2. The maximum atomic E-state index is 11.6. The standard InChI is InChI=1S/C32H46O2Si2.2C16H27OSi.C15H22O2Si.C15H22OSi.C9H8O2.C6H15ClSi.2CH3.BH.2ClH.U.Zr/c1-31(2,3)35(7,8)33-27-17-19-29-23(13-15-25(29)21-27)11-12-24-14-16-26-22-28(18-20-30(24)26)34-36(9,10)32(4,5)6;2*1-12-7-8-13-11-14(9-10-15(12)13)17-18(5,6)16(2,3)4;1-15(2,3)18(4,5)17-12-7-8-13-11(10-12)6-9-14(13)16;1-15(2,3)17(4,5)16-14-10-9-12-7-6-8-13(12)11-14;10-7-2-3-8-6(5-7)1-4-9(8)11;1-6(2,3)8(4,5)7;;;;;;;/h13-14,17-22H,11-12,15-16H2,1-10H3;2*9-13,15H,1,7-8H2,2-6H3;7-8,10H,6,9H2,1-5H3;6-7,9-11H,8H2,1-5H3;2-3,5,10H,1,4H2;1-5H3;2*1H3;3*1H;;/q;2*-1;;;;;2*-1;;;;;+2/p-2/i;;;;;;;;;1D;;;;. The molecular formula is C111H174BCl3O9Si7UZr-4. The van der Waals surface area contributed by atoms with Gasteiger partial charge in [0.2, 0.25) is 49.9 Å². The Kier molecular flexibility index (Phi) is 45.0. The molecule has 0 aliphatic heterocycles. The van der Waals surface area contributed by atoms with Gasteiger partial charge in [-0.2, -0.15) is 22.9 Å². The molecule has 736 valence electrons. The molecule has 1 N–H and O–H groups in total. The van der Waals surface area contributed by atoms with Crippen LogP contribution >= 0.6 is 28.1 Å². The number of phenols is 1. The number of halogens is 3. The Balaban J connectivity index is 0.000000415. The molecule has 14 rings (SSSR count). The maximum absolute atomic E-state index is 11.6. The van der Waals surface area contributed by atoms with Gasteiger partial charge in [-0.05, 0) is 349 Å². The summed E-state index contributed by atoms with van der Waals surface area (Å²) in [5.41, 5.74) is 15.1. The first-order valence-electron chi connectivity index (χ1n) is 48.2. The molecule has 22 heteroatoms. The van der Waals surface area contributed by atoms with E-state index in [4.69, 9.17) is 61.1 Å². The predicted octanol–water partition coefficient (Wildman–Crippen LogP) is 34.9. The molecule has 0 amide bonds. The Hall–Kier alpha value is -3.39. The van der Waals surface area contributed by atoms with Crippen LogP contribution in [0.3, 0.4) is 0 Å². The summed E-state index contributed by atoms with van der Waals surface area (Å²) in [4.78, 5) is 22.7. The Morgan fingerprint density at radius 3 is 1.01 bits per heavy atom. The average molecular weight is 2300 g/mol. The Labute approximate surface area is 870 Å². The van der Waals surface area contributed by atoms with Gasteiger partial charge in [0.25, 0.3) is 0 Å². The van der Waals surface area contributed by atoms with E-state index >= 15 is 0 Å². The second kappa shape index (κ2) is 49.1. The molecule has 0 spiro atoms. The first kappa shape index (κ1) is 122. The molecule has 0 heterocycles. The Bertz CT molecular complexity index is 4750. The van der Waals surface area contributed by atoms with Crippen molar-refractivity contribution in [1.29, 1.82) is 1.34 Å². The molecule has 6 atom stereocenters. The molecule has 9 aliphatic rings. The zero-order valence-corrected chi connectivity index (χ0v) is 105.